The van der Waals surface area contributed by atoms with Crippen molar-refractivity contribution in [2.75, 3.05) is 37.4 Å². The summed E-state index contributed by atoms with van der Waals surface area (Å²) >= 11 is 0. The van der Waals surface area contributed by atoms with Crippen molar-refractivity contribution in [1.29, 1.82) is 0 Å². The number of rotatable bonds is 5. The van der Waals surface area contributed by atoms with E-state index in [-0.39, 0.29) is 34.7 Å². The van der Waals surface area contributed by atoms with E-state index in [0.717, 1.165) is 12.8 Å². The Morgan fingerprint density at radius 2 is 2.29 bits per heavy atom. The van der Waals surface area contributed by atoms with Crippen LogP contribution in [0.4, 0.5) is 15.9 Å². The molecule has 1 aromatic rings. The monoisotopic (exact) mass is 386 g/mol. The van der Waals surface area contributed by atoms with E-state index in [1.165, 1.54) is 18.5 Å². The maximum absolute atomic E-state index is 15.0. The highest BCUT2D eigenvalue weighted by Crippen LogP contribution is 2.38. The molecule has 8 nitrogen and oxygen atoms in total. The van der Waals surface area contributed by atoms with Gasteiger partial charge in [-0.1, -0.05) is 6.58 Å². The van der Waals surface area contributed by atoms with Crippen LogP contribution in [-0.4, -0.2) is 61.1 Å². The van der Waals surface area contributed by atoms with E-state index >= 15 is 4.39 Å². The van der Waals surface area contributed by atoms with Crippen LogP contribution in [0.2, 0.25) is 0 Å². The molecule has 0 aromatic carbocycles. The highest BCUT2D eigenvalue weighted by molar-refractivity contribution is 6.24. The molecule has 2 aliphatic rings. The van der Waals surface area contributed by atoms with Crippen LogP contribution in [-0.2, 0) is 4.79 Å². The number of nitrogens with two attached hydrogens (primary N) is 1. The first-order valence-corrected chi connectivity index (χ1v) is 8.96. The molecule has 0 radical (unpaired) electrons. The summed E-state index contributed by atoms with van der Waals surface area (Å²) in [5.41, 5.74) is 6.65. The fourth-order valence-electron chi connectivity index (χ4n) is 3.54. The van der Waals surface area contributed by atoms with Crippen molar-refractivity contribution in [1.82, 2.24) is 9.88 Å². The van der Waals surface area contributed by atoms with Gasteiger partial charge < -0.3 is 20.9 Å². The fourth-order valence-corrected chi connectivity index (χ4v) is 3.54. The van der Waals surface area contributed by atoms with Gasteiger partial charge in [-0.2, -0.15) is 0 Å². The normalized spacial score (nSPS) is 19.1. The van der Waals surface area contributed by atoms with Crippen molar-refractivity contribution in [3.8, 4) is 0 Å². The SMILES string of the molecule is C=CC(=O)N1CCC[C@@H](N(C)c2nc(C(C=NC)=CN)c3c(c2F)NC3=O)C1. The topological polar surface area (TPSA) is 104 Å². The fraction of sp³-hybridized carbons (Fsp3) is 0.368. The number of hydrogen-bond donors (Lipinski definition) is 2. The number of nitrogens with zero attached hydrogens (tertiary/aromatic N) is 4. The summed E-state index contributed by atoms with van der Waals surface area (Å²) in [6.45, 7) is 4.61. The van der Waals surface area contributed by atoms with Crippen LogP contribution in [0, 0.1) is 5.82 Å². The number of likely N-dealkylation sites (N-methyl/N-ethyl adjacent to an activating group) is 1. The number of hydrogen-bond acceptors (Lipinski definition) is 6. The van der Waals surface area contributed by atoms with Gasteiger partial charge in [-0.15, -0.1) is 0 Å². The summed E-state index contributed by atoms with van der Waals surface area (Å²) in [6.07, 6.45) is 5.62. The Hall–Kier alpha value is -3.23. The van der Waals surface area contributed by atoms with Gasteiger partial charge >= 0.3 is 0 Å². The standard InChI is InChI=1S/C19H23FN6O2/c1-4-13(27)26-7-5-6-12(10-26)25(3)18-15(20)17-14(19(28)24-17)16(23-18)11(8-21)9-22-2/h4,8-9,12H,1,5-7,10,21H2,2-3H3,(H,24,28)/t12-/m1/s1. The third-order valence-electron chi connectivity index (χ3n) is 5.07. The first-order valence-electron chi connectivity index (χ1n) is 8.96. The number of aliphatic imine (C=N–C) groups is 1. The molecule has 3 rings (SSSR count). The third-order valence-corrected chi connectivity index (χ3v) is 5.07. The zero-order chi connectivity index (χ0) is 20.4. The maximum Gasteiger partial charge on any atom is 0.260 e. The van der Waals surface area contributed by atoms with Crippen LogP contribution in [0.1, 0.15) is 28.9 Å². The Kier molecular flexibility index (Phi) is 5.43. The van der Waals surface area contributed by atoms with Crippen LogP contribution in [0.5, 0.6) is 0 Å². The highest BCUT2D eigenvalue weighted by atomic mass is 19.1. The van der Waals surface area contributed by atoms with Gasteiger partial charge in [0.25, 0.3) is 5.91 Å². The molecule has 0 saturated carbocycles. The van der Waals surface area contributed by atoms with Crippen molar-refractivity contribution in [3.05, 3.63) is 35.9 Å². The number of aromatic nitrogens is 1. The zero-order valence-electron chi connectivity index (χ0n) is 15.9. The van der Waals surface area contributed by atoms with E-state index in [0.29, 0.717) is 18.7 Å². The molecule has 3 heterocycles. The second-order valence-corrected chi connectivity index (χ2v) is 6.71. The van der Waals surface area contributed by atoms with Crippen LogP contribution in [0.3, 0.4) is 0 Å². The predicted octanol–water partition coefficient (Wildman–Crippen LogP) is 1.40. The van der Waals surface area contributed by atoms with Crippen LogP contribution in [0.15, 0.2) is 23.8 Å². The molecular formula is C19H23FN6O2. The van der Waals surface area contributed by atoms with Gasteiger partial charge in [-0.05, 0) is 18.9 Å². The van der Waals surface area contributed by atoms with Gasteiger partial charge in [-0.3, -0.25) is 14.6 Å². The summed E-state index contributed by atoms with van der Waals surface area (Å²) in [4.78, 5) is 35.6. The lowest BCUT2D eigenvalue weighted by Crippen LogP contribution is -2.49. The number of halogens is 1. The van der Waals surface area contributed by atoms with Crippen LogP contribution >= 0.6 is 0 Å². The van der Waals surface area contributed by atoms with Gasteiger partial charge in [-0.25, -0.2) is 9.37 Å². The van der Waals surface area contributed by atoms with Crippen molar-refractivity contribution < 1.29 is 14.0 Å². The summed E-state index contributed by atoms with van der Waals surface area (Å²) < 4.78 is 15.0. The van der Waals surface area contributed by atoms with E-state index < -0.39 is 11.7 Å². The molecule has 1 aromatic heterocycles. The largest absolute Gasteiger partial charge is 0.404 e. The minimum atomic E-state index is -0.599. The average molecular weight is 386 g/mol. The number of piperidine rings is 1. The van der Waals surface area contributed by atoms with Gasteiger partial charge in [0.2, 0.25) is 5.91 Å². The van der Waals surface area contributed by atoms with Crippen LogP contribution < -0.4 is 16.0 Å². The summed E-state index contributed by atoms with van der Waals surface area (Å²) in [5, 5.41) is 2.48. The Morgan fingerprint density at radius 3 is 2.89 bits per heavy atom. The number of amides is 2. The number of carbonyl (C=O) groups is 2. The Balaban J connectivity index is 2.00. The predicted molar refractivity (Wildman–Crippen MR) is 107 cm³/mol. The van der Waals surface area contributed by atoms with E-state index in [4.69, 9.17) is 5.73 Å². The Morgan fingerprint density at radius 1 is 1.54 bits per heavy atom. The van der Waals surface area contributed by atoms with E-state index in [2.05, 4.69) is 21.9 Å². The minimum absolute atomic E-state index is 0.0931. The number of anilines is 2. The van der Waals surface area contributed by atoms with E-state index in [1.54, 1.807) is 23.9 Å². The molecule has 0 bridgehead atoms. The second kappa shape index (κ2) is 7.79. The smallest absolute Gasteiger partial charge is 0.260 e. The third kappa shape index (κ3) is 3.23. The van der Waals surface area contributed by atoms with Gasteiger partial charge in [0, 0.05) is 51.2 Å². The molecule has 9 heteroatoms. The van der Waals surface area contributed by atoms with Crippen molar-refractivity contribution in [2.45, 2.75) is 18.9 Å². The minimum Gasteiger partial charge on any atom is -0.404 e. The molecular weight excluding hydrogens is 363 g/mol. The molecule has 1 atom stereocenters. The lowest BCUT2D eigenvalue weighted by atomic mass is 9.98. The molecule has 148 valence electrons. The average Bonchev–Trinajstić information content (AvgIpc) is 2.71. The maximum atomic E-state index is 15.0. The number of fused-ring (bicyclic) bond motifs is 1. The van der Waals surface area contributed by atoms with Crippen molar-refractivity contribution in [2.24, 2.45) is 10.7 Å². The quantitative estimate of drug-likeness (QED) is 0.588. The highest BCUT2D eigenvalue weighted by Gasteiger charge is 2.36. The zero-order valence-corrected chi connectivity index (χ0v) is 15.9. The number of carbonyl (C=O) groups excluding carboxylic acids is 2. The molecule has 0 aliphatic carbocycles. The molecule has 1 fully saturated rings. The number of pyridine rings is 1. The molecule has 2 aliphatic heterocycles. The summed E-state index contributed by atoms with van der Waals surface area (Å²) in [5.74, 6) is -1.06. The van der Waals surface area contributed by atoms with Crippen molar-refractivity contribution >= 4 is 35.1 Å². The first-order chi connectivity index (χ1) is 13.4. The van der Waals surface area contributed by atoms with Crippen molar-refractivity contribution in [3.63, 3.8) is 0 Å². The molecule has 0 unspecified atom stereocenters. The molecule has 28 heavy (non-hydrogen) atoms. The number of nitrogens with one attached hydrogen (secondary N) is 1. The van der Waals surface area contributed by atoms with Gasteiger partial charge in [0.05, 0.1) is 16.9 Å². The Bertz CT molecular complexity index is 895. The lowest BCUT2D eigenvalue weighted by Gasteiger charge is -2.38. The molecule has 3 N–H and O–H groups in total. The van der Waals surface area contributed by atoms with Gasteiger partial charge in [0.1, 0.15) is 0 Å². The van der Waals surface area contributed by atoms with E-state index in [9.17, 15) is 9.59 Å². The second-order valence-electron chi connectivity index (χ2n) is 6.71. The molecule has 2 amide bonds. The Labute approximate surface area is 162 Å². The number of allylic oxidation sites excluding steroid dienone is 1. The molecule has 1 saturated heterocycles. The number of likely N-dealkylation sites (tertiary alicyclic amines) is 1. The molecule has 0 spiro atoms. The summed E-state index contributed by atoms with van der Waals surface area (Å²) in [7, 11) is 3.30. The first kappa shape index (κ1) is 19.5. The summed E-state index contributed by atoms with van der Waals surface area (Å²) in [6, 6.07) is -0.119. The van der Waals surface area contributed by atoms with Gasteiger partial charge in [0.15, 0.2) is 11.6 Å². The lowest BCUT2D eigenvalue weighted by molar-refractivity contribution is -0.127. The van der Waals surface area contributed by atoms with Crippen LogP contribution in [0.25, 0.3) is 5.57 Å². The van der Waals surface area contributed by atoms with E-state index in [1.807, 2.05) is 0 Å².